The molecule has 1 unspecified atom stereocenters. The lowest BCUT2D eigenvalue weighted by Crippen LogP contribution is -2.31. The Labute approximate surface area is 133 Å². The molecule has 2 N–H and O–H groups in total. The van der Waals surface area contributed by atoms with Gasteiger partial charge in [0.1, 0.15) is 12.9 Å². The van der Waals surface area contributed by atoms with E-state index in [2.05, 4.69) is 9.97 Å². The lowest BCUT2D eigenvalue weighted by molar-refractivity contribution is 0.104. The van der Waals surface area contributed by atoms with Crippen LogP contribution in [0, 0.1) is 11.8 Å². The van der Waals surface area contributed by atoms with E-state index in [1.165, 1.54) is 23.9 Å². The molecule has 0 radical (unpaired) electrons. The summed E-state index contributed by atoms with van der Waals surface area (Å²) in [5.41, 5.74) is 6.72. The molecule has 2 aromatic heterocycles. The smallest absolute Gasteiger partial charge is 0.363 e. The number of aromatic nitrogens is 4. The topological polar surface area (TPSA) is 97.2 Å². The molecule has 2 aliphatic rings. The van der Waals surface area contributed by atoms with Gasteiger partial charge >= 0.3 is 5.69 Å². The predicted octanol–water partition coefficient (Wildman–Crippen LogP) is 0.440. The van der Waals surface area contributed by atoms with Gasteiger partial charge in [-0.3, -0.25) is 4.57 Å². The van der Waals surface area contributed by atoms with Crippen LogP contribution in [0.15, 0.2) is 11.1 Å². The second kappa shape index (κ2) is 5.84. The highest BCUT2D eigenvalue weighted by molar-refractivity contribution is 5.81. The molecular weight excluding hydrogens is 298 g/mol. The minimum absolute atomic E-state index is 0.241. The van der Waals surface area contributed by atoms with Crippen molar-refractivity contribution in [2.45, 2.75) is 32.2 Å². The highest BCUT2D eigenvalue weighted by Crippen LogP contribution is 2.31. The average molecular weight is 319 g/mol. The van der Waals surface area contributed by atoms with Crippen LogP contribution in [0.3, 0.4) is 0 Å². The van der Waals surface area contributed by atoms with Gasteiger partial charge in [0.2, 0.25) is 0 Å². The predicted molar refractivity (Wildman–Crippen MR) is 83.9 cm³/mol. The van der Waals surface area contributed by atoms with Gasteiger partial charge in [-0.25, -0.2) is 14.8 Å². The highest BCUT2D eigenvalue weighted by Gasteiger charge is 2.25. The van der Waals surface area contributed by atoms with Crippen LogP contribution < -0.4 is 16.3 Å². The lowest BCUT2D eigenvalue weighted by atomic mass is 10.1. The summed E-state index contributed by atoms with van der Waals surface area (Å²) in [6.45, 7) is 2.48. The molecule has 2 fully saturated rings. The molecule has 1 aliphatic heterocycles. The second-order valence-electron chi connectivity index (χ2n) is 6.41. The fraction of sp³-hybridized carbons (Fsp3) is 0.667. The van der Waals surface area contributed by atoms with Crippen molar-refractivity contribution in [1.29, 1.82) is 0 Å². The summed E-state index contributed by atoms with van der Waals surface area (Å²) in [5.74, 6) is 1.32. The van der Waals surface area contributed by atoms with Gasteiger partial charge in [0.15, 0.2) is 17.0 Å². The van der Waals surface area contributed by atoms with Crippen molar-refractivity contribution in [2.75, 3.05) is 25.6 Å². The summed E-state index contributed by atoms with van der Waals surface area (Å²) in [5, 5.41) is 0. The zero-order valence-corrected chi connectivity index (χ0v) is 13.0. The molecule has 8 heteroatoms. The number of anilines is 1. The van der Waals surface area contributed by atoms with Crippen LogP contribution in [0.4, 0.5) is 5.82 Å². The minimum Gasteiger partial charge on any atom is -0.409 e. The normalized spacial score (nSPS) is 21.1. The van der Waals surface area contributed by atoms with Gasteiger partial charge in [0.05, 0.1) is 6.61 Å². The van der Waals surface area contributed by atoms with Crippen molar-refractivity contribution in [3.63, 3.8) is 0 Å². The standard InChI is InChI=1S/C15H21N5O3/c16-13-12-14(18-9-17-13)19(7-11-3-5-22-8-11)15(21)20(12)23-6-4-10-1-2-10/h9-11H,1-8H2,(H2,16,17,18). The molecule has 0 spiro atoms. The number of ether oxygens (including phenoxy) is 1. The number of imidazole rings is 1. The van der Waals surface area contributed by atoms with Gasteiger partial charge in [-0.2, -0.15) is 0 Å². The molecule has 1 saturated heterocycles. The molecule has 1 aliphatic carbocycles. The Hall–Kier alpha value is -2.09. The minimum atomic E-state index is -0.241. The first-order valence-electron chi connectivity index (χ1n) is 8.17. The number of hydrogen-bond donors (Lipinski definition) is 1. The second-order valence-corrected chi connectivity index (χ2v) is 6.41. The maximum Gasteiger partial charge on any atom is 0.363 e. The SMILES string of the molecule is Nc1ncnc2c1n(OCCC1CC1)c(=O)n2CC1CCOC1. The number of rotatable bonds is 6. The summed E-state index contributed by atoms with van der Waals surface area (Å²) in [7, 11) is 0. The molecule has 1 saturated carbocycles. The Bertz CT molecular complexity index is 758. The molecule has 0 bridgehead atoms. The quantitative estimate of drug-likeness (QED) is 0.830. The van der Waals surface area contributed by atoms with E-state index in [0.29, 0.717) is 36.8 Å². The third kappa shape index (κ3) is 2.78. The van der Waals surface area contributed by atoms with E-state index in [4.69, 9.17) is 15.3 Å². The maximum atomic E-state index is 12.8. The average Bonchev–Trinajstić information content (AvgIpc) is 3.14. The molecule has 0 aromatic carbocycles. The molecular formula is C15H21N5O3. The van der Waals surface area contributed by atoms with Gasteiger partial charge in [-0.15, -0.1) is 4.73 Å². The number of nitrogen functional groups attached to an aromatic ring is 1. The van der Waals surface area contributed by atoms with Crippen molar-refractivity contribution < 1.29 is 9.57 Å². The zero-order chi connectivity index (χ0) is 15.8. The first kappa shape index (κ1) is 14.5. The van der Waals surface area contributed by atoms with E-state index >= 15 is 0 Å². The summed E-state index contributed by atoms with van der Waals surface area (Å²) >= 11 is 0. The van der Waals surface area contributed by atoms with Gasteiger partial charge in [0.25, 0.3) is 0 Å². The van der Waals surface area contributed by atoms with Crippen molar-refractivity contribution in [2.24, 2.45) is 11.8 Å². The van der Waals surface area contributed by atoms with Crippen molar-refractivity contribution in [3.05, 3.63) is 16.8 Å². The largest absolute Gasteiger partial charge is 0.409 e. The summed E-state index contributed by atoms with van der Waals surface area (Å²) in [6.07, 6.45) is 5.80. The van der Waals surface area contributed by atoms with Crippen LogP contribution in [0.5, 0.6) is 0 Å². The Morgan fingerprint density at radius 3 is 2.91 bits per heavy atom. The number of fused-ring (bicyclic) bond motifs is 1. The zero-order valence-electron chi connectivity index (χ0n) is 13.0. The molecule has 4 rings (SSSR count). The van der Waals surface area contributed by atoms with Crippen molar-refractivity contribution in [1.82, 2.24) is 19.3 Å². The highest BCUT2D eigenvalue weighted by atomic mass is 16.7. The van der Waals surface area contributed by atoms with Gasteiger partial charge in [-0.1, -0.05) is 12.8 Å². The third-order valence-electron chi connectivity index (χ3n) is 4.60. The molecule has 124 valence electrons. The summed E-state index contributed by atoms with van der Waals surface area (Å²) in [6, 6.07) is 0. The third-order valence-corrected chi connectivity index (χ3v) is 4.60. The molecule has 2 aromatic rings. The van der Waals surface area contributed by atoms with Crippen LogP contribution in [-0.2, 0) is 11.3 Å². The number of nitrogens with zero attached hydrogens (tertiary/aromatic N) is 4. The van der Waals surface area contributed by atoms with Gasteiger partial charge < -0.3 is 15.3 Å². The summed E-state index contributed by atoms with van der Waals surface area (Å²) < 4.78 is 8.29. The summed E-state index contributed by atoms with van der Waals surface area (Å²) in [4.78, 5) is 26.7. The number of hydrogen-bond acceptors (Lipinski definition) is 6. The van der Waals surface area contributed by atoms with E-state index in [9.17, 15) is 4.79 Å². The van der Waals surface area contributed by atoms with E-state index in [0.717, 1.165) is 25.4 Å². The van der Waals surface area contributed by atoms with Crippen LogP contribution in [0.2, 0.25) is 0 Å². The van der Waals surface area contributed by atoms with E-state index in [1.807, 2.05) is 0 Å². The molecule has 8 nitrogen and oxygen atoms in total. The Balaban J connectivity index is 1.68. The molecule has 23 heavy (non-hydrogen) atoms. The number of nitrogens with two attached hydrogens (primary N) is 1. The lowest BCUT2D eigenvalue weighted by Gasteiger charge is -2.07. The fourth-order valence-electron chi connectivity index (χ4n) is 3.06. The molecule has 3 heterocycles. The van der Waals surface area contributed by atoms with Gasteiger partial charge in [-0.05, 0) is 18.8 Å². The van der Waals surface area contributed by atoms with E-state index in [1.54, 1.807) is 4.57 Å². The van der Waals surface area contributed by atoms with Crippen LogP contribution in [-0.4, -0.2) is 39.1 Å². The van der Waals surface area contributed by atoms with Gasteiger partial charge in [0, 0.05) is 19.1 Å². The Kier molecular flexibility index (Phi) is 3.68. The van der Waals surface area contributed by atoms with Crippen LogP contribution >= 0.6 is 0 Å². The fourth-order valence-corrected chi connectivity index (χ4v) is 3.06. The van der Waals surface area contributed by atoms with E-state index < -0.39 is 0 Å². The monoisotopic (exact) mass is 319 g/mol. The van der Waals surface area contributed by atoms with Crippen LogP contribution in [0.25, 0.3) is 11.2 Å². The van der Waals surface area contributed by atoms with Crippen LogP contribution in [0.1, 0.15) is 25.7 Å². The van der Waals surface area contributed by atoms with Crippen molar-refractivity contribution >= 4 is 17.0 Å². The van der Waals surface area contributed by atoms with Crippen molar-refractivity contribution in [3.8, 4) is 0 Å². The first-order chi connectivity index (χ1) is 11.2. The van der Waals surface area contributed by atoms with E-state index in [-0.39, 0.29) is 11.5 Å². The Morgan fingerprint density at radius 2 is 2.17 bits per heavy atom. The molecule has 1 atom stereocenters. The first-order valence-corrected chi connectivity index (χ1v) is 8.17. The Morgan fingerprint density at radius 1 is 1.30 bits per heavy atom. The maximum absolute atomic E-state index is 12.8. The molecule has 0 amide bonds.